The fourth-order valence-electron chi connectivity index (χ4n) is 2.92. The third-order valence-corrected chi connectivity index (χ3v) is 7.13. The first-order chi connectivity index (χ1) is 12.9. The zero-order valence-electron chi connectivity index (χ0n) is 14.5. The van der Waals surface area contributed by atoms with Crippen LogP contribution in [-0.2, 0) is 10.0 Å². The maximum absolute atomic E-state index is 12.8. The minimum absolute atomic E-state index is 0.146. The number of sulfonamides is 1. The number of hydrogen-bond acceptors (Lipinski definition) is 4. The van der Waals surface area contributed by atoms with E-state index in [2.05, 4.69) is 0 Å². The summed E-state index contributed by atoms with van der Waals surface area (Å²) in [5.74, 6) is -0.492. The van der Waals surface area contributed by atoms with Crippen molar-refractivity contribution in [2.45, 2.75) is 30.6 Å². The van der Waals surface area contributed by atoms with Crippen LogP contribution in [0.4, 0.5) is 0 Å². The van der Waals surface area contributed by atoms with Gasteiger partial charge in [-0.1, -0.05) is 42.1 Å². The van der Waals surface area contributed by atoms with Gasteiger partial charge in [-0.3, -0.25) is 0 Å². The van der Waals surface area contributed by atoms with Crippen LogP contribution in [0.25, 0.3) is 0 Å². The third-order valence-electron chi connectivity index (χ3n) is 4.41. The number of halogens is 2. The number of esters is 1. The normalized spacial score (nSPS) is 15.9. The lowest BCUT2D eigenvalue weighted by Crippen LogP contribution is -2.31. The van der Waals surface area contributed by atoms with Crippen molar-refractivity contribution in [3.05, 3.63) is 58.1 Å². The number of carbonyl (C=O) groups excluding carboxylic acids is 1. The molecular formula is C19H19Cl2NO4S. The largest absolute Gasteiger partial charge is 0.421 e. The lowest BCUT2D eigenvalue weighted by molar-refractivity contribution is 0.0735. The van der Waals surface area contributed by atoms with Gasteiger partial charge in [0.1, 0.15) is 5.02 Å². The monoisotopic (exact) mass is 427 g/mol. The summed E-state index contributed by atoms with van der Waals surface area (Å²) < 4.78 is 32.3. The van der Waals surface area contributed by atoms with Crippen LogP contribution in [0.2, 0.25) is 10.0 Å². The SMILES string of the molecule is O=C(Oc1cccc(Cl)c1Cl)c1ccc(S(=O)(=O)N2CCCCCC2)cc1. The molecule has 0 saturated carbocycles. The van der Waals surface area contributed by atoms with Crippen LogP contribution in [-0.4, -0.2) is 31.8 Å². The van der Waals surface area contributed by atoms with E-state index < -0.39 is 16.0 Å². The Hall–Kier alpha value is -1.60. The fourth-order valence-corrected chi connectivity index (χ4v) is 4.76. The summed E-state index contributed by atoms with van der Waals surface area (Å²) in [6.07, 6.45) is 3.82. The third kappa shape index (κ3) is 4.63. The van der Waals surface area contributed by atoms with Crippen LogP contribution < -0.4 is 4.74 Å². The fraction of sp³-hybridized carbons (Fsp3) is 0.316. The van der Waals surface area contributed by atoms with Gasteiger partial charge in [-0.05, 0) is 49.2 Å². The zero-order chi connectivity index (χ0) is 19.4. The maximum Gasteiger partial charge on any atom is 0.343 e. The molecule has 27 heavy (non-hydrogen) atoms. The van der Waals surface area contributed by atoms with Crippen molar-refractivity contribution in [3.63, 3.8) is 0 Å². The van der Waals surface area contributed by atoms with Gasteiger partial charge in [0.25, 0.3) is 0 Å². The molecule has 0 radical (unpaired) electrons. The Balaban J connectivity index is 1.76. The summed E-state index contributed by atoms with van der Waals surface area (Å²) in [5.41, 5.74) is 0.223. The molecule has 0 aliphatic carbocycles. The molecule has 1 aliphatic heterocycles. The van der Waals surface area contributed by atoms with Crippen molar-refractivity contribution in [2.75, 3.05) is 13.1 Å². The average molecular weight is 428 g/mol. The second kappa shape index (κ2) is 8.61. The Bertz CT molecular complexity index is 921. The smallest absolute Gasteiger partial charge is 0.343 e. The number of benzene rings is 2. The standard InChI is InChI=1S/C19H19Cl2NO4S/c20-16-6-5-7-17(18(16)21)26-19(23)14-8-10-15(11-9-14)27(24,25)22-12-3-1-2-4-13-22/h5-11H,1-4,12-13H2. The molecule has 1 saturated heterocycles. The van der Waals surface area contributed by atoms with E-state index in [0.29, 0.717) is 13.1 Å². The van der Waals surface area contributed by atoms with E-state index in [0.717, 1.165) is 25.7 Å². The van der Waals surface area contributed by atoms with E-state index in [-0.39, 0.29) is 26.3 Å². The zero-order valence-corrected chi connectivity index (χ0v) is 16.9. The first-order valence-electron chi connectivity index (χ1n) is 8.66. The molecule has 0 bridgehead atoms. The summed E-state index contributed by atoms with van der Waals surface area (Å²) in [4.78, 5) is 12.5. The van der Waals surface area contributed by atoms with Crippen LogP contribution in [0.15, 0.2) is 47.4 Å². The topological polar surface area (TPSA) is 63.7 Å². The van der Waals surface area contributed by atoms with Gasteiger partial charge in [-0.15, -0.1) is 0 Å². The molecule has 2 aromatic carbocycles. The molecule has 1 heterocycles. The summed E-state index contributed by atoms with van der Waals surface area (Å²) in [5, 5.41) is 0.425. The van der Waals surface area contributed by atoms with Crippen LogP contribution in [0.5, 0.6) is 5.75 Å². The molecule has 0 spiro atoms. The van der Waals surface area contributed by atoms with E-state index in [4.69, 9.17) is 27.9 Å². The molecule has 0 N–H and O–H groups in total. The molecular weight excluding hydrogens is 409 g/mol. The second-order valence-corrected chi connectivity index (χ2v) is 9.01. The van der Waals surface area contributed by atoms with Crippen molar-refractivity contribution in [1.82, 2.24) is 4.31 Å². The van der Waals surface area contributed by atoms with Gasteiger partial charge in [0.05, 0.1) is 15.5 Å². The lowest BCUT2D eigenvalue weighted by Gasteiger charge is -2.20. The molecule has 0 atom stereocenters. The van der Waals surface area contributed by atoms with E-state index in [1.165, 1.54) is 34.6 Å². The number of hydrogen-bond donors (Lipinski definition) is 0. The van der Waals surface area contributed by atoms with Crippen molar-refractivity contribution in [3.8, 4) is 5.75 Å². The number of rotatable bonds is 4. The minimum atomic E-state index is -3.56. The van der Waals surface area contributed by atoms with Gasteiger partial charge in [-0.2, -0.15) is 4.31 Å². The Labute approximate surface area is 168 Å². The average Bonchev–Trinajstić information content (AvgIpc) is 2.95. The van der Waals surface area contributed by atoms with Crippen molar-refractivity contribution >= 4 is 39.2 Å². The van der Waals surface area contributed by atoms with Gasteiger partial charge in [0, 0.05) is 13.1 Å². The molecule has 1 aliphatic rings. The summed E-state index contributed by atoms with van der Waals surface area (Å²) in [6, 6.07) is 10.5. The molecule has 0 unspecified atom stereocenters. The Morgan fingerprint density at radius 2 is 1.56 bits per heavy atom. The second-order valence-electron chi connectivity index (χ2n) is 6.28. The molecule has 144 valence electrons. The Morgan fingerprint density at radius 3 is 2.19 bits per heavy atom. The Morgan fingerprint density at radius 1 is 0.926 bits per heavy atom. The highest BCUT2D eigenvalue weighted by Gasteiger charge is 2.25. The predicted molar refractivity (Wildman–Crippen MR) is 105 cm³/mol. The highest BCUT2D eigenvalue weighted by atomic mass is 35.5. The van der Waals surface area contributed by atoms with E-state index >= 15 is 0 Å². The van der Waals surface area contributed by atoms with Gasteiger partial charge < -0.3 is 4.74 Å². The van der Waals surface area contributed by atoms with Crippen LogP contribution in [0.1, 0.15) is 36.0 Å². The molecule has 3 rings (SSSR count). The molecule has 8 heteroatoms. The highest BCUT2D eigenvalue weighted by Crippen LogP contribution is 2.32. The molecule has 5 nitrogen and oxygen atoms in total. The van der Waals surface area contributed by atoms with Crippen LogP contribution in [0, 0.1) is 0 Å². The molecule has 0 amide bonds. The summed E-state index contributed by atoms with van der Waals surface area (Å²) in [7, 11) is -3.56. The maximum atomic E-state index is 12.8. The van der Waals surface area contributed by atoms with E-state index in [1.807, 2.05) is 0 Å². The Kier molecular flexibility index (Phi) is 6.42. The number of nitrogens with zero attached hydrogens (tertiary/aromatic N) is 1. The number of ether oxygens (including phenoxy) is 1. The molecule has 2 aromatic rings. The minimum Gasteiger partial charge on any atom is -0.421 e. The van der Waals surface area contributed by atoms with Gasteiger partial charge in [-0.25, -0.2) is 13.2 Å². The first kappa shape index (κ1) is 20.1. The van der Waals surface area contributed by atoms with Gasteiger partial charge in [0.2, 0.25) is 10.0 Å². The van der Waals surface area contributed by atoms with Crippen LogP contribution >= 0.6 is 23.2 Å². The predicted octanol–water partition coefficient (Wildman–Crippen LogP) is 4.78. The highest BCUT2D eigenvalue weighted by molar-refractivity contribution is 7.89. The molecule has 0 aromatic heterocycles. The van der Waals surface area contributed by atoms with Crippen molar-refractivity contribution in [1.29, 1.82) is 0 Å². The quantitative estimate of drug-likeness (QED) is 0.520. The number of carbonyl (C=O) groups is 1. The van der Waals surface area contributed by atoms with Gasteiger partial charge >= 0.3 is 5.97 Å². The van der Waals surface area contributed by atoms with E-state index in [1.54, 1.807) is 12.1 Å². The summed E-state index contributed by atoms with van der Waals surface area (Å²) >= 11 is 11.9. The lowest BCUT2D eigenvalue weighted by atomic mass is 10.2. The summed E-state index contributed by atoms with van der Waals surface area (Å²) in [6.45, 7) is 1.05. The molecule has 1 fully saturated rings. The van der Waals surface area contributed by atoms with E-state index in [9.17, 15) is 13.2 Å². The van der Waals surface area contributed by atoms with Crippen LogP contribution in [0.3, 0.4) is 0 Å². The van der Waals surface area contributed by atoms with Gasteiger partial charge in [0.15, 0.2) is 5.75 Å². The first-order valence-corrected chi connectivity index (χ1v) is 10.9. The van der Waals surface area contributed by atoms with Crippen molar-refractivity contribution < 1.29 is 17.9 Å². The van der Waals surface area contributed by atoms with Crippen molar-refractivity contribution in [2.24, 2.45) is 0 Å².